The quantitative estimate of drug-likeness (QED) is 0.906. The van der Waals surface area contributed by atoms with Gasteiger partial charge in [-0.2, -0.15) is 5.26 Å². The number of carbonyl (C=O) groups excluding carboxylic acids is 2. The van der Waals surface area contributed by atoms with Crippen LogP contribution in [0.3, 0.4) is 0 Å². The van der Waals surface area contributed by atoms with Crippen LogP contribution in [-0.4, -0.2) is 29.8 Å². The van der Waals surface area contributed by atoms with Gasteiger partial charge >= 0.3 is 0 Å². The number of nitrogens with one attached hydrogen (secondary N) is 1. The van der Waals surface area contributed by atoms with Crippen molar-refractivity contribution in [3.63, 3.8) is 0 Å². The Morgan fingerprint density at radius 3 is 2.70 bits per heavy atom. The highest BCUT2D eigenvalue weighted by atomic mass is 16.2. The topological polar surface area (TPSA) is 73.2 Å². The van der Waals surface area contributed by atoms with Crippen LogP contribution in [0.2, 0.25) is 0 Å². The molecule has 5 heteroatoms. The van der Waals surface area contributed by atoms with Gasteiger partial charge < -0.3 is 10.2 Å². The third kappa shape index (κ3) is 3.58. The van der Waals surface area contributed by atoms with Crippen LogP contribution in [0, 0.1) is 17.2 Å². The van der Waals surface area contributed by atoms with Crippen LogP contribution in [0.25, 0.3) is 0 Å². The lowest BCUT2D eigenvalue weighted by molar-refractivity contribution is -0.128. The number of benzene rings is 1. The second-order valence-electron chi connectivity index (χ2n) is 5.14. The predicted octanol–water partition coefficient (Wildman–Crippen LogP) is 1.76. The van der Waals surface area contributed by atoms with Gasteiger partial charge in [-0.25, -0.2) is 0 Å². The van der Waals surface area contributed by atoms with Crippen molar-refractivity contribution in [3.8, 4) is 6.07 Å². The standard InChI is InChI=1S/C15H17N3O2/c1-11-8-15(20)18(10-11)7-6-14(19)17-13-4-2-12(9-16)3-5-13/h2-5,11H,6-8,10H2,1H3,(H,17,19). The highest BCUT2D eigenvalue weighted by molar-refractivity contribution is 5.91. The Morgan fingerprint density at radius 2 is 2.15 bits per heavy atom. The van der Waals surface area contributed by atoms with Gasteiger partial charge in [-0.1, -0.05) is 6.92 Å². The number of amides is 2. The van der Waals surface area contributed by atoms with E-state index in [0.717, 1.165) is 6.54 Å². The smallest absolute Gasteiger partial charge is 0.226 e. The maximum atomic E-state index is 11.8. The summed E-state index contributed by atoms with van der Waals surface area (Å²) in [5, 5.41) is 11.4. The van der Waals surface area contributed by atoms with E-state index in [1.807, 2.05) is 13.0 Å². The third-order valence-electron chi connectivity index (χ3n) is 3.31. The van der Waals surface area contributed by atoms with E-state index in [-0.39, 0.29) is 11.8 Å². The summed E-state index contributed by atoms with van der Waals surface area (Å²) in [5.74, 6) is 0.384. The van der Waals surface area contributed by atoms with Crippen molar-refractivity contribution in [1.29, 1.82) is 5.26 Å². The molecule has 2 rings (SSSR count). The van der Waals surface area contributed by atoms with Crippen molar-refractivity contribution in [2.75, 3.05) is 18.4 Å². The molecule has 1 N–H and O–H groups in total. The summed E-state index contributed by atoms with van der Waals surface area (Å²) in [6.07, 6.45) is 0.871. The van der Waals surface area contributed by atoms with Crippen molar-refractivity contribution in [2.45, 2.75) is 19.8 Å². The highest BCUT2D eigenvalue weighted by Crippen LogP contribution is 2.17. The summed E-state index contributed by atoms with van der Waals surface area (Å²) in [6, 6.07) is 8.72. The zero-order chi connectivity index (χ0) is 14.5. The number of nitriles is 1. The Morgan fingerprint density at radius 1 is 1.45 bits per heavy atom. The molecule has 1 aromatic rings. The summed E-state index contributed by atoms with van der Waals surface area (Å²) < 4.78 is 0. The molecule has 1 fully saturated rings. The Hall–Kier alpha value is -2.35. The van der Waals surface area contributed by atoms with Crippen LogP contribution in [0.5, 0.6) is 0 Å². The van der Waals surface area contributed by atoms with Crippen molar-refractivity contribution in [2.24, 2.45) is 5.92 Å². The minimum absolute atomic E-state index is 0.123. The molecule has 1 heterocycles. The first-order chi connectivity index (χ1) is 9.58. The average molecular weight is 271 g/mol. The zero-order valence-electron chi connectivity index (χ0n) is 11.4. The number of rotatable bonds is 4. The number of hydrogen-bond donors (Lipinski definition) is 1. The lowest BCUT2D eigenvalue weighted by Crippen LogP contribution is -2.29. The van der Waals surface area contributed by atoms with Crippen molar-refractivity contribution in [3.05, 3.63) is 29.8 Å². The average Bonchev–Trinajstić information content (AvgIpc) is 2.75. The van der Waals surface area contributed by atoms with Crippen LogP contribution in [0.4, 0.5) is 5.69 Å². The second kappa shape index (κ2) is 6.20. The fourth-order valence-corrected chi connectivity index (χ4v) is 2.27. The monoisotopic (exact) mass is 271 g/mol. The van der Waals surface area contributed by atoms with Gasteiger partial charge in [0.05, 0.1) is 11.6 Å². The molecule has 0 aliphatic carbocycles. The Labute approximate surface area is 118 Å². The van der Waals surface area contributed by atoms with E-state index in [0.29, 0.717) is 36.6 Å². The molecule has 1 aliphatic rings. The van der Waals surface area contributed by atoms with Crippen LogP contribution >= 0.6 is 0 Å². The predicted molar refractivity (Wildman–Crippen MR) is 74.8 cm³/mol. The fourth-order valence-electron chi connectivity index (χ4n) is 2.27. The first kappa shape index (κ1) is 14.1. The molecule has 0 radical (unpaired) electrons. The lowest BCUT2D eigenvalue weighted by atomic mass is 10.2. The molecule has 1 unspecified atom stereocenters. The highest BCUT2D eigenvalue weighted by Gasteiger charge is 2.26. The molecule has 104 valence electrons. The molecule has 1 atom stereocenters. The Balaban J connectivity index is 1.80. The van der Waals surface area contributed by atoms with Gasteiger partial charge in [0.1, 0.15) is 0 Å². The summed E-state index contributed by atoms with van der Waals surface area (Å²) in [4.78, 5) is 25.1. The van der Waals surface area contributed by atoms with Crippen LogP contribution in [0.15, 0.2) is 24.3 Å². The normalized spacial score (nSPS) is 17.9. The maximum absolute atomic E-state index is 11.8. The Bertz CT molecular complexity index is 545. The molecule has 1 aliphatic heterocycles. The van der Waals surface area contributed by atoms with E-state index in [1.165, 1.54) is 0 Å². The van der Waals surface area contributed by atoms with Crippen LogP contribution < -0.4 is 5.32 Å². The number of likely N-dealkylation sites (tertiary alicyclic amines) is 1. The summed E-state index contributed by atoms with van der Waals surface area (Å²) in [6.45, 7) is 3.24. The van der Waals surface area contributed by atoms with E-state index < -0.39 is 0 Å². The first-order valence-corrected chi connectivity index (χ1v) is 6.66. The van der Waals surface area contributed by atoms with E-state index in [9.17, 15) is 9.59 Å². The maximum Gasteiger partial charge on any atom is 0.226 e. The molecular formula is C15H17N3O2. The van der Waals surface area contributed by atoms with Gasteiger partial charge in [0, 0.05) is 31.6 Å². The van der Waals surface area contributed by atoms with E-state index in [4.69, 9.17) is 5.26 Å². The molecule has 0 aromatic heterocycles. The lowest BCUT2D eigenvalue weighted by Gasteiger charge is -2.15. The van der Waals surface area contributed by atoms with Crippen LogP contribution in [0.1, 0.15) is 25.3 Å². The molecule has 1 saturated heterocycles. The van der Waals surface area contributed by atoms with Crippen LogP contribution in [-0.2, 0) is 9.59 Å². The van der Waals surface area contributed by atoms with Crippen molar-refractivity contribution < 1.29 is 9.59 Å². The first-order valence-electron chi connectivity index (χ1n) is 6.66. The summed E-state index contributed by atoms with van der Waals surface area (Å²) in [5.41, 5.74) is 1.22. The zero-order valence-corrected chi connectivity index (χ0v) is 11.4. The molecular weight excluding hydrogens is 254 g/mol. The molecule has 0 saturated carbocycles. The van der Waals surface area contributed by atoms with Gasteiger partial charge in [0.2, 0.25) is 11.8 Å². The number of hydrogen-bond acceptors (Lipinski definition) is 3. The fraction of sp³-hybridized carbons (Fsp3) is 0.400. The summed E-state index contributed by atoms with van der Waals surface area (Å²) >= 11 is 0. The number of nitrogens with zero attached hydrogens (tertiary/aromatic N) is 2. The SMILES string of the molecule is CC1CC(=O)N(CCC(=O)Nc2ccc(C#N)cc2)C1. The Kier molecular flexibility index (Phi) is 4.36. The molecule has 0 bridgehead atoms. The van der Waals surface area contributed by atoms with Gasteiger partial charge in [-0.05, 0) is 30.2 Å². The van der Waals surface area contributed by atoms with E-state index >= 15 is 0 Å². The summed E-state index contributed by atoms with van der Waals surface area (Å²) in [7, 11) is 0. The van der Waals surface area contributed by atoms with Crippen molar-refractivity contribution in [1.82, 2.24) is 4.90 Å². The minimum Gasteiger partial charge on any atom is -0.342 e. The molecule has 1 aromatic carbocycles. The largest absolute Gasteiger partial charge is 0.342 e. The van der Waals surface area contributed by atoms with E-state index in [1.54, 1.807) is 29.2 Å². The number of anilines is 1. The molecule has 2 amide bonds. The van der Waals surface area contributed by atoms with Crippen molar-refractivity contribution >= 4 is 17.5 Å². The molecule has 5 nitrogen and oxygen atoms in total. The minimum atomic E-state index is -0.123. The third-order valence-corrected chi connectivity index (χ3v) is 3.31. The van der Waals surface area contributed by atoms with Gasteiger partial charge in [0.15, 0.2) is 0 Å². The van der Waals surface area contributed by atoms with Gasteiger partial charge in [0.25, 0.3) is 0 Å². The van der Waals surface area contributed by atoms with Gasteiger partial charge in [-0.15, -0.1) is 0 Å². The number of carbonyl (C=O) groups is 2. The molecule has 0 spiro atoms. The second-order valence-corrected chi connectivity index (χ2v) is 5.14. The van der Waals surface area contributed by atoms with E-state index in [2.05, 4.69) is 5.32 Å². The molecule has 20 heavy (non-hydrogen) atoms. The van der Waals surface area contributed by atoms with Gasteiger partial charge in [-0.3, -0.25) is 9.59 Å².